The van der Waals surface area contributed by atoms with E-state index in [0.29, 0.717) is 6.42 Å². The summed E-state index contributed by atoms with van der Waals surface area (Å²) >= 11 is 1.63. The van der Waals surface area contributed by atoms with E-state index in [1.165, 1.54) is 0 Å². The van der Waals surface area contributed by atoms with Gasteiger partial charge < -0.3 is 11.1 Å². The highest BCUT2D eigenvalue weighted by Gasteiger charge is 2.14. The third-order valence-corrected chi connectivity index (χ3v) is 4.14. The summed E-state index contributed by atoms with van der Waals surface area (Å²) in [6.07, 6.45) is 1.59. The minimum absolute atomic E-state index is 0.127. The summed E-state index contributed by atoms with van der Waals surface area (Å²) < 4.78 is 0. The largest absolute Gasteiger partial charge is 0.324 e. The molecule has 21 heavy (non-hydrogen) atoms. The molecule has 110 valence electrons. The normalized spacial score (nSPS) is 11.9. The number of anilines is 1. The van der Waals surface area contributed by atoms with Crippen LogP contribution in [-0.4, -0.2) is 11.9 Å². The molecule has 0 spiro atoms. The molecule has 0 bridgehead atoms. The first-order chi connectivity index (χ1) is 10.2. The first-order valence-electron chi connectivity index (χ1n) is 7.09. The van der Waals surface area contributed by atoms with Crippen LogP contribution >= 0.6 is 11.8 Å². The van der Waals surface area contributed by atoms with E-state index in [-0.39, 0.29) is 5.91 Å². The van der Waals surface area contributed by atoms with Crippen molar-refractivity contribution in [1.29, 1.82) is 0 Å². The molecule has 0 saturated heterocycles. The topological polar surface area (TPSA) is 55.1 Å². The first-order valence-corrected chi connectivity index (χ1v) is 7.90. The molecule has 3 nitrogen and oxygen atoms in total. The number of rotatable bonds is 6. The van der Waals surface area contributed by atoms with E-state index in [4.69, 9.17) is 5.73 Å². The average Bonchev–Trinajstić information content (AvgIpc) is 2.50. The lowest BCUT2D eigenvalue weighted by atomic mass is 10.1. The number of hydrogen-bond donors (Lipinski definition) is 2. The van der Waals surface area contributed by atoms with Gasteiger partial charge in [0.05, 0.1) is 11.7 Å². The van der Waals surface area contributed by atoms with Crippen LogP contribution in [0.3, 0.4) is 0 Å². The first kappa shape index (κ1) is 15.6. The van der Waals surface area contributed by atoms with Crippen LogP contribution in [0.1, 0.15) is 19.8 Å². The van der Waals surface area contributed by atoms with Gasteiger partial charge in [-0.2, -0.15) is 0 Å². The van der Waals surface area contributed by atoms with E-state index in [2.05, 4.69) is 5.32 Å². The van der Waals surface area contributed by atoms with Crippen molar-refractivity contribution in [3.8, 4) is 0 Å². The minimum Gasteiger partial charge on any atom is -0.324 e. The fourth-order valence-electron chi connectivity index (χ4n) is 1.94. The molecule has 2 aromatic rings. The molecule has 0 radical (unpaired) electrons. The Hall–Kier alpha value is -1.78. The molecule has 0 aliphatic heterocycles. The van der Waals surface area contributed by atoms with Crippen LogP contribution in [-0.2, 0) is 4.79 Å². The zero-order chi connectivity index (χ0) is 15.1. The van der Waals surface area contributed by atoms with Gasteiger partial charge in [0.15, 0.2) is 0 Å². The van der Waals surface area contributed by atoms with E-state index in [0.717, 1.165) is 21.9 Å². The van der Waals surface area contributed by atoms with Gasteiger partial charge in [0, 0.05) is 9.79 Å². The van der Waals surface area contributed by atoms with E-state index in [1.54, 1.807) is 11.8 Å². The van der Waals surface area contributed by atoms with E-state index < -0.39 is 6.04 Å². The summed E-state index contributed by atoms with van der Waals surface area (Å²) in [5, 5.41) is 2.93. The Kier molecular flexibility index (Phi) is 5.84. The summed E-state index contributed by atoms with van der Waals surface area (Å²) in [5.41, 5.74) is 6.67. The molecule has 2 aromatic carbocycles. The molecule has 4 heteroatoms. The van der Waals surface area contributed by atoms with Gasteiger partial charge in [0.25, 0.3) is 0 Å². The Labute approximate surface area is 129 Å². The van der Waals surface area contributed by atoms with Crippen LogP contribution in [0.5, 0.6) is 0 Å². The predicted octanol–water partition coefficient (Wildman–Crippen LogP) is 3.90. The average molecular weight is 300 g/mol. The lowest BCUT2D eigenvalue weighted by Gasteiger charge is -2.14. The zero-order valence-electron chi connectivity index (χ0n) is 12.1. The molecule has 0 aromatic heterocycles. The smallest absolute Gasteiger partial charge is 0.241 e. The van der Waals surface area contributed by atoms with E-state index in [1.807, 2.05) is 61.5 Å². The second-order valence-corrected chi connectivity index (χ2v) is 5.91. The molecule has 0 aliphatic carbocycles. The predicted molar refractivity (Wildman–Crippen MR) is 88.5 cm³/mol. The van der Waals surface area contributed by atoms with Gasteiger partial charge in [0.1, 0.15) is 0 Å². The summed E-state index contributed by atoms with van der Waals surface area (Å²) in [5.74, 6) is -0.127. The fraction of sp³-hybridized carbons (Fsp3) is 0.235. The number of carbonyl (C=O) groups is 1. The van der Waals surface area contributed by atoms with Gasteiger partial charge in [-0.15, -0.1) is 0 Å². The molecule has 0 saturated carbocycles. The van der Waals surface area contributed by atoms with Gasteiger partial charge >= 0.3 is 0 Å². The molecule has 0 fully saturated rings. The van der Waals surface area contributed by atoms with Gasteiger partial charge in [0.2, 0.25) is 5.91 Å². The second-order valence-electron chi connectivity index (χ2n) is 4.80. The molecule has 1 amide bonds. The Morgan fingerprint density at radius 3 is 2.52 bits per heavy atom. The third-order valence-electron chi connectivity index (χ3n) is 3.05. The molecule has 1 atom stereocenters. The lowest BCUT2D eigenvalue weighted by Crippen LogP contribution is -2.35. The van der Waals surface area contributed by atoms with Gasteiger partial charge in [-0.05, 0) is 30.7 Å². The van der Waals surface area contributed by atoms with Crippen LogP contribution in [0, 0.1) is 0 Å². The molecule has 2 rings (SSSR count). The summed E-state index contributed by atoms with van der Waals surface area (Å²) in [6, 6.07) is 17.4. The Bertz CT molecular complexity index is 586. The molecule has 1 unspecified atom stereocenters. The fourth-order valence-corrected chi connectivity index (χ4v) is 2.86. The Morgan fingerprint density at radius 2 is 1.81 bits per heavy atom. The van der Waals surface area contributed by atoms with Crippen molar-refractivity contribution in [3.63, 3.8) is 0 Å². The number of hydrogen-bond acceptors (Lipinski definition) is 3. The number of amides is 1. The third kappa shape index (κ3) is 4.62. The van der Waals surface area contributed by atoms with Crippen molar-refractivity contribution < 1.29 is 4.79 Å². The molecular weight excluding hydrogens is 280 g/mol. The SMILES string of the molecule is CCCC(N)C(=O)Nc1ccccc1Sc1ccccc1. The van der Waals surface area contributed by atoms with E-state index >= 15 is 0 Å². The number of nitrogens with two attached hydrogens (primary N) is 1. The maximum atomic E-state index is 12.1. The van der Waals surface area contributed by atoms with E-state index in [9.17, 15) is 4.79 Å². The quantitative estimate of drug-likeness (QED) is 0.850. The standard InChI is InChI=1S/C17H20N2OS/c1-2-8-14(18)17(20)19-15-11-6-7-12-16(15)21-13-9-4-3-5-10-13/h3-7,9-12,14H,2,8,18H2,1H3,(H,19,20). The van der Waals surface area contributed by atoms with Gasteiger partial charge in [-0.3, -0.25) is 4.79 Å². The summed E-state index contributed by atoms with van der Waals surface area (Å²) in [4.78, 5) is 14.2. The Balaban J connectivity index is 2.12. The monoisotopic (exact) mass is 300 g/mol. The van der Waals surface area contributed by atoms with Crippen LogP contribution < -0.4 is 11.1 Å². The van der Waals surface area contributed by atoms with Crippen molar-refractivity contribution in [2.24, 2.45) is 5.73 Å². The van der Waals surface area contributed by atoms with Gasteiger partial charge in [-0.25, -0.2) is 0 Å². The summed E-state index contributed by atoms with van der Waals surface area (Å²) in [7, 11) is 0. The zero-order valence-corrected chi connectivity index (χ0v) is 12.9. The number of benzene rings is 2. The number of nitrogens with one attached hydrogen (secondary N) is 1. The number of carbonyl (C=O) groups excluding carboxylic acids is 1. The van der Waals surface area contributed by atoms with Crippen molar-refractivity contribution in [3.05, 3.63) is 54.6 Å². The second kappa shape index (κ2) is 7.86. The van der Waals surface area contributed by atoms with Crippen LogP contribution in [0.15, 0.2) is 64.4 Å². The van der Waals surface area contributed by atoms with Crippen molar-refractivity contribution in [2.75, 3.05) is 5.32 Å². The van der Waals surface area contributed by atoms with Crippen LogP contribution in [0.4, 0.5) is 5.69 Å². The Morgan fingerprint density at radius 1 is 1.14 bits per heavy atom. The molecule has 3 N–H and O–H groups in total. The maximum Gasteiger partial charge on any atom is 0.241 e. The van der Waals surface area contributed by atoms with Crippen LogP contribution in [0.25, 0.3) is 0 Å². The highest BCUT2D eigenvalue weighted by molar-refractivity contribution is 7.99. The van der Waals surface area contributed by atoms with Crippen molar-refractivity contribution >= 4 is 23.4 Å². The van der Waals surface area contributed by atoms with Crippen molar-refractivity contribution in [2.45, 2.75) is 35.6 Å². The lowest BCUT2D eigenvalue weighted by molar-refractivity contribution is -0.117. The highest BCUT2D eigenvalue weighted by Crippen LogP contribution is 2.33. The molecule has 0 aliphatic rings. The highest BCUT2D eigenvalue weighted by atomic mass is 32.2. The minimum atomic E-state index is -0.454. The number of para-hydroxylation sites is 1. The van der Waals surface area contributed by atoms with Crippen molar-refractivity contribution in [1.82, 2.24) is 0 Å². The summed E-state index contributed by atoms with van der Waals surface area (Å²) in [6.45, 7) is 2.02. The molecular formula is C17H20N2OS. The van der Waals surface area contributed by atoms with Gasteiger partial charge in [-0.1, -0.05) is 55.4 Å². The molecule has 0 heterocycles. The van der Waals surface area contributed by atoms with Crippen LogP contribution in [0.2, 0.25) is 0 Å². The maximum absolute atomic E-state index is 12.1.